The lowest BCUT2D eigenvalue weighted by molar-refractivity contribution is 1.13. The van der Waals surface area contributed by atoms with Gasteiger partial charge in [-0.25, -0.2) is 0 Å². The summed E-state index contributed by atoms with van der Waals surface area (Å²) in [4.78, 5) is 2.03. The predicted molar refractivity (Wildman–Crippen MR) is 73.7 cm³/mol. The van der Waals surface area contributed by atoms with Gasteiger partial charge in [0.15, 0.2) is 0 Å². The lowest BCUT2D eigenvalue weighted by atomic mass is 10.1. The van der Waals surface area contributed by atoms with Crippen LogP contribution in [0.25, 0.3) is 6.08 Å². The minimum absolute atomic E-state index is 0.119. The molecule has 1 aromatic carbocycles. The van der Waals surface area contributed by atoms with Crippen LogP contribution in [-0.2, 0) is 0 Å². The molecule has 0 radical (unpaired) electrons. The van der Waals surface area contributed by atoms with Crippen LogP contribution in [0.4, 0.5) is 5.69 Å². The predicted octanol–water partition coefficient (Wildman–Crippen LogP) is 3.13. The Labute approximate surface area is 108 Å². The third-order valence-corrected chi connectivity index (χ3v) is 2.42. The van der Waals surface area contributed by atoms with Crippen LogP contribution >= 0.6 is 0 Å². The molecule has 0 aliphatic carbocycles. The monoisotopic (exact) mass is 237 g/mol. The van der Waals surface area contributed by atoms with Gasteiger partial charge in [-0.05, 0) is 36.3 Å². The van der Waals surface area contributed by atoms with E-state index in [9.17, 15) is 0 Å². The smallest absolute Gasteiger partial charge is 0.129 e. The van der Waals surface area contributed by atoms with Crippen molar-refractivity contribution in [1.29, 1.82) is 10.5 Å². The Morgan fingerprint density at radius 1 is 1.11 bits per heavy atom. The topological polar surface area (TPSA) is 50.8 Å². The molecule has 90 valence electrons. The highest BCUT2D eigenvalue weighted by atomic mass is 15.1. The Hall–Kier alpha value is -2.52. The van der Waals surface area contributed by atoms with Gasteiger partial charge in [-0.1, -0.05) is 18.2 Å². The van der Waals surface area contributed by atoms with Crippen LogP contribution < -0.4 is 4.90 Å². The number of nitriles is 2. The summed E-state index contributed by atoms with van der Waals surface area (Å²) in [6.45, 7) is 1.87. The van der Waals surface area contributed by atoms with Gasteiger partial charge < -0.3 is 4.90 Å². The van der Waals surface area contributed by atoms with E-state index in [0.29, 0.717) is 0 Å². The van der Waals surface area contributed by atoms with Crippen LogP contribution in [0.1, 0.15) is 12.5 Å². The number of hydrogen-bond donors (Lipinski definition) is 0. The summed E-state index contributed by atoms with van der Waals surface area (Å²) in [6, 6.07) is 11.8. The summed E-state index contributed by atoms with van der Waals surface area (Å²) in [7, 11) is 3.98. The second kappa shape index (κ2) is 6.27. The van der Waals surface area contributed by atoms with Crippen molar-refractivity contribution in [1.82, 2.24) is 0 Å². The van der Waals surface area contributed by atoms with E-state index in [2.05, 4.69) is 0 Å². The largest absolute Gasteiger partial charge is 0.378 e. The molecular formula is C15H15N3. The van der Waals surface area contributed by atoms with Gasteiger partial charge >= 0.3 is 0 Å². The molecule has 1 rings (SSSR count). The average Bonchev–Trinajstić information content (AvgIpc) is 2.36. The second-order valence-electron chi connectivity index (χ2n) is 4.16. The number of hydrogen-bond acceptors (Lipinski definition) is 3. The molecule has 0 saturated heterocycles. The molecule has 1 aromatic rings. The molecule has 0 spiro atoms. The molecule has 0 N–H and O–H groups in total. The van der Waals surface area contributed by atoms with Gasteiger partial charge in [-0.3, -0.25) is 0 Å². The van der Waals surface area contributed by atoms with Crippen molar-refractivity contribution in [2.75, 3.05) is 19.0 Å². The Bertz CT molecular complexity index is 533. The van der Waals surface area contributed by atoms with Gasteiger partial charge in [0.25, 0.3) is 0 Å². The minimum Gasteiger partial charge on any atom is -0.378 e. The molecule has 18 heavy (non-hydrogen) atoms. The van der Waals surface area contributed by atoms with E-state index in [-0.39, 0.29) is 5.57 Å². The molecule has 0 aliphatic heterocycles. The first kappa shape index (κ1) is 13.5. The van der Waals surface area contributed by atoms with Gasteiger partial charge in [0, 0.05) is 19.8 Å². The molecule has 3 heteroatoms. The quantitative estimate of drug-likeness (QED) is 0.599. The number of rotatable bonds is 3. The molecule has 0 aromatic heterocycles. The number of allylic oxidation sites excluding steroid dienone is 3. The van der Waals surface area contributed by atoms with Crippen LogP contribution in [-0.4, -0.2) is 14.1 Å². The third kappa shape index (κ3) is 3.81. The highest BCUT2D eigenvalue weighted by Crippen LogP contribution is 2.15. The molecule has 0 atom stereocenters. The summed E-state index contributed by atoms with van der Waals surface area (Å²) in [5.41, 5.74) is 3.18. The summed E-state index contributed by atoms with van der Waals surface area (Å²) in [6.07, 6.45) is 3.52. The average molecular weight is 237 g/mol. The van der Waals surface area contributed by atoms with Crippen LogP contribution in [0.3, 0.4) is 0 Å². The van der Waals surface area contributed by atoms with Crippen molar-refractivity contribution >= 4 is 11.8 Å². The highest BCUT2D eigenvalue weighted by Gasteiger charge is 1.96. The van der Waals surface area contributed by atoms with Crippen molar-refractivity contribution in [3.63, 3.8) is 0 Å². The van der Waals surface area contributed by atoms with Crippen LogP contribution in [0.15, 0.2) is 41.5 Å². The Balaban J connectivity index is 2.94. The Morgan fingerprint density at radius 3 is 2.11 bits per heavy atom. The fraction of sp³-hybridized carbons (Fsp3) is 0.200. The third-order valence-electron chi connectivity index (χ3n) is 2.42. The van der Waals surface area contributed by atoms with E-state index in [4.69, 9.17) is 10.5 Å². The van der Waals surface area contributed by atoms with Crippen molar-refractivity contribution in [3.05, 3.63) is 47.1 Å². The molecule has 0 aliphatic rings. The molecule has 0 bridgehead atoms. The number of nitrogens with zero attached hydrogens (tertiary/aromatic N) is 3. The van der Waals surface area contributed by atoms with Crippen molar-refractivity contribution in [2.24, 2.45) is 0 Å². The lowest BCUT2D eigenvalue weighted by Crippen LogP contribution is -2.07. The zero-order chi connectivity index (χ0) is 13.5. The number of anilines is 1. The Kier molecular flexibility index (Phi) is 4.72. The van der Waals surface area contributed by atoms with Gasteiger partial charge in [0.1, 0.15) is 17.7 Å². The molecule has 0 fully saturated rings. The van der Waals surface area contributed by atoms with E-state index in [0.717, 1.165) is 16.8 Å². The van der Waals surface area contributed by atoms with Crippen molar-refractivity contribution < 1.29 is 0 Å². The summed E-state index contributed by atoms with van der Waals surface area (Å²) in [5.74, 6) is 0. The minimum atomic E-state index is 0.119. The van der Waals surface area contributed by atoms with Gasteiger partial charge in [0.2, 0.25) is 0 Å². The van der Waals surface area contributed by atoms with Gasteiger partial charge in [-0.15, -0.1) is 0 Å². The van der Waals surface area contributed by atoms with E-state index >= 15 is 0 Å². The van der Waals surface area contributed by atoms with E-state index in [1.54, 1.807) is 6.08 Å². The Morgan fingerprint density at radius 2 is 1.67 bits per heavy atom. The first-order valence-corrected chi connectivity index (χ1v) is 5.54. The van der Waals surface area contributed by atoms with E-state index < -0.39 is 0 Å². The zero-order valence-electron chi connectivity index (χ0n) is 10.8. The maximum absolute atomic E-state index is 8.66. The standard InChI is InChI=1S/C15H15N3/c1-12(9-14(10-16)11-17)8-13-4-6-15(7-5-13)18(2)3/h4-9H,1-3H3/b12-8+. The maximum atomic E-state index is 8.66. The molecule has 3 nitrogen and oxygen atoms in total. The molecule has 0 amide bonds. The van der Waals surface area contributed by atoms with E-state index in [1.807, 2.05) is 68.4 Å². The maximum Gasteiger partial charge on any atom is 0.129 e. The molecule has 0 unspecified atom stereocenters. The van der Waals surface area contributed by atoms with Crippen LogP contribution in [0.2, 0.25) is 0 Å². The summed E-state index contributed by atoms with van der Waals surface area (Å²) in [5, 5.41) is 17.3. The fourth-order valence-electron chi connectivity index (χ4n) is 1.49. The lowest BCUT2D eigenvalue weighted by Gasteiger charge is -2.11. The normalized spacial score (nSPS) is 10.2. The molecule has 0 saturated carbocycles. The molecular weight excluding hydrogens is 222 g/mol. The van der Waals surface area contributed by atoms with Crippen LogP contribution in [0.5, 0.6) is 0 Å². The molecule has 0 heterocycles. The summed E-state index contributed by atoms with van der Waals surface area (Å²) >= 11 is 0. The first-order valence-electron chi connectivity index (χ1n) is 5.54. The van der Waals surface area contributed by atoms with E-state index in [1.165, 1.54) is 0 Å². The van der Waals surface area contributed by atoms with Crippen molar-refractivity contribution in [2.45, 2.75) is 6.92 Å². The number of benzene rings is 1. The van der Waals surface area contributed by atoms with Crippen LogP contribution in [0, 0.1) is 22.7 Å². The second-order valence-corrected chi connectivity index (χ2v) is 4.16. The van der Waals surface area contributed by atoms with Gasteiger partial charge in [-0.2, -0.15) is 10.5 Å². The van der Waals surface area contributed by atoms with Gasteiger partial charge in [0.05, 0.1) is 0 Å². The highest BCUT2D eigenvalue weighted by molar-refractivity contribution is 5.60. The zero-order valence-corrected chi connectivity index (χ0v) is 10.8. The SMILES string of the molecule is C/C(C=C(C#N)C#N)=C\c1ccc(N(C)C)cc1. The fourth-order valence-corrected chi connectivity index (χ4v) is 1.49. The first-order chi connectivity index (χ1) is 8.56. The van der Waals surface area contributed by atoms with Crippen molar-refractivity contribution in [3.8, 4) is 12.1 Å². The summed E-state index contributed by atoms with van der Waals surface area (Å²) < 4.78 is 0.